The van der Waals surface area contributed by atoms with E-state index >= 15 is 0 Å². The van der Waals surface area contributed by atoms with Crippen LogP contribution in [0, 0.1) is 0 Å². The van der Waals surface area contributed by atoms with Crippen LogP contribution in [0.3, 0.4) is 0 Å². The van der Waals surface area contributed by atoms with Gasteiger partial charge in [0.2, 0.25) is 0 Å². The lowest BCUT2D eigenvalue weighted by Gasteiger charge is -2.44. The van der Waals surface area contributed by atoms with E-state index in [0.717, 1.165) is 34.5 Å². The smallest absolute Gasteiger partial charge is 0.169 e. The number of rotatable bonds is 11. The van der Waals surface area contributed by atoms with Crippen LogP contribution in [0.15, 0.2) is 24.4 Å². The van der Waals surface area contributed by atoms with Crippen molar-refractivity contribution in [3.8, 4) is 0 Å². The summed E-state index contributed by atoms with van der Waals surface area (Å²) in [5.41, 5.74) is 3.68. The first-order valence-electron chi connectivity index (χ1n) is 11.9. The van der Waals surface area contributed by atoms with Crippen LogP contribution in [0.5, 0.6) is 0 Å². The fraction of sp³-hybridized carbons (Fsp3) is 0.680. The summed E-state index contributed by atoms with van der Waals surface area (Å²) in [5, 5.41) is 22.6. The summed E-state index contributed by atoms with van der Waals surface area (Å²) in [4.78, 5) is 2.16. The first-order valence-corrected chi connectivity index (χ1v) is 14.4. The molecule has 176 valence electrons. The minimum Gasteiger partial charge on any atom is -0.395 e. The first-order chi connectivity index (χ1) is 14.5. The maximum absolute atomic E-state index is 11.2. The lowest BCUT2D eigenvalue weighted by atomic mass is 10.0. The Kier molecular flexibility index (Phi) is 9.23. The summed E-state index contributed by atoms with van der Waals surface area (Å²) in [7, 11) is -1.97. The molecule has 0 aliphatic rings. The Labute approximate surface area is 195 Å². The highest BCUT2D eigenvalue weighted by atomic mass is 35.5. The summed E-state index contributed by atoms with van der Waals surface area (Å²) >= 11 is 6.87. The van der Waals surface area contributed by atoms with Crippen molar-refractivity contribution in [2.75, 3.05) is 19.7 Å². The molecule has 1 aromatic heterocycles. The number of aliphatic hydroxyl groups excluding tert-OH is 2. The quantitative estimate of drug-likeness (QED) is 0.374. The third-order valence-corrected chi connectivity index (χ3v) is 14.2. The Morgan fingerprint density at radius 3 is 2.10 bits per heavy atom. The molecule has 1 heterocycles. The zero-order valence-electron chi connectivity index (χ0n) is 20.7. The molecule has 2 rings (SSSR count). The number of benzene rings is 1. The molecule has 2 atom stereocenters. The number of fused-ring (bicyclic) bond motifs is 1. The fourth-order valence-corrected chi connectivity index (χ4v) is 12.9. The topological polar surface area (TPSA) is 48.6 Å². The van der Waals surface area contributed by atoms with Gasteiger partial charge in [0.1, 0.15) is 0 Å². The summed E-state index contributed by atoms with van der Waals surface area (Å²) in [6.45, 7) is 19.6. The Hall–Kier alpha value is -0.853. The van der Waals surface area contributed by atoms with Gasteiger partial charge in [-0.2, -0.15) is 0 Å². The second-order valence-electron chi connectivity index (χ2n) is 9.98. The molecule has 0 saturated carbocycles. The zero-order valence-corrected chi connectivity index (χ0v) is 22.4. The maximum Gasteiger partial charge on any atom is 0.169 e. The van der Waals surface area contributed by atoms with Crippen molar-refractivity contribution < 1.29 is 10.2 Å². The van der Waals surface area contributed by atoms with Gasteiger partial charge >= 0.3 is 0 Å². The molecular formula is C25H43ClN2O2Si. The highest BCUT2D eigenvalue weighted by Gasteiger charge is 2.46. The normalized spacial score (nSPS) is 15.1. The number of hydrogen-bond donors (Lipinski definition) is 2. The van der Waals surface area contributed by atoms with Gasteiger partial charge in [-0.25, -0.2) is 0 Å². The predicted octanol–water partition coefficient (Wildman–Crippen LogP) is 6.44. The van der Waals surface area contributed by atoms with E-state index in [0.29, 0.717) is 23.2 Å². The maximum atomic E-state index is 11.2. The van der Waals surface area contributed by atoms with Crippen molar-refractivity contribution >= 4 is 30.7 Å². The van der Waals surface area contributed by atoms with Crippen LogP contribution in [0.25, 0.3) is 10.9 Å². The number of aromatic nitrogens is 1. The van der Waals surface area contributed by atoms with E-state index in [1.807, 2.05) is 19.1 Å². The van der Waals surface area contributed by atoms with Crippen LogP contribution < -0.4 is 0 Å². The van der Waals surface area contributed by atoms with Crippen LogP contribution in [0.2, 0.25) is 21.6 Å². The van der Waals surface area contributed by atoms with Gasteiger partial charge < -0.3 is 14.4 Å². The molecule has 4 nitrogen and oxygen atoms in total. The average molecular weight is 467 g/mol. The van der Waals surface area contributed by atoms with E-state index in [9.17, 15) is 10.2 Å². The van der Waals surface area contributed by atoms with Crippen LogP contribution in [-0.4, -0.2) is 53.3 Å². The zero-order chi connectivity index (χ0) is 23.5. The van der Waals surface area contributed by atoms with Crippen LogP contribution in [0.1, 0.15) is 73.5 Å². The number of hydrogen-bond acceptors (Lipinski definition) is 3. The number of nitrogens with zero attached hydrogens (tertiary/aromatic N) is 2. The third-order valence-electron chi connectivity index (χ3n) is 7.17. The minimum atomic E-state index is -1.97. The second-order valence-corrected chi connectivity index (χ2v) is 16.1. The highest BCUT2D eigenvalue weighted by molar-refractivity contribution is 6.82. The summed E-state index contributed by atoms with van der Waals surface area (Å²) < 4.78 is 2.51. The fourth-order valence-electron chi connectivity index (χ4n) is 5.91. The molecule has 2 aromatic rings. The van der Waals surface area contributed by atoms with E-state index in [2.05, 4.69) is 69.9 Å². The van der Waals surface area contributed by atoms with Gasteiger partial charge in [0.05, 0.1) is 17.7 Å². The SMILES string of the molecule is CCCN(CC(O)c1cccc2c1c(Cl)cn2[Si](C(C)C)(C(C)C)C(C)C)C(C)CO. The van der Waals surface area contributed by atoms with E-state index in [1.54, 1.807) is 0 Å². The first kappa shape index (κ1) is 26.4. The average Bonchev–Trinajstić information content (AvgIpc) is 3.03. The van der Waals surface area contributed by atoms with Gasteiger partial charge in [0, 0.05) is 29.7 Å². The van der Waals surface area contributed by atoms with Gasteiger partial charge in [-0.05, 0) is 48.1 Å². The van der Waals surface area contributed by atoms with E-state index in [-0.39, 0.29) is 12.6 Å². The van der Waals surface area contributed by atoms with Gasteiger partial charge in [-0.1, -0.05) is 72.2 Å². The largest absolute Gasteiger partial charge is 0.395 e. The van der Waals surface area contributed by atoms with Crippen molar-refractivity contribution in [3.63, 3.8) is 0 Å². The highest BCUT2D eigenvalue weighted by Crippen LogP contribution is 2.46. The molecule has 0 aliphatic heterocycles. The summed E-state index contributed by atoms with van der Waals surface area (Å²) in [6.07, 6.45) is 2.45. The van der Waals surface area contributed by atoms with Crippen molar-refractivity contribution in [3.05, 3.63) is 35.0 Å². The molecule has 0 spiro atoms. The standard InChI is InChI=1S/C25H43ClN2O2Si/c1-9-13-27(20(8)16-29)15-24(30)21-11-10-12-23-25(21)22(26)14-28(23)31(17(2)3,18(4)5)19(6)7/h10-12,14,17-20,24,29-30H,9,13,15-16H2,1-8H3. The lowest BCUT2D eigenvalue weighted by Crippen LogP contribution is -2.51. The monoisotopic (exact) mass is 466 g/mol. The van der Waals surface area contributed by atoms with Crippen molar-refractivity contribution in [2.24, 2.45) is 0 Å². The van der Waals surface area contributed by atoms with Crippen molar-refractivity contribution in [1.82, 2.24) is 9.13 Å². The van der Waals surface area contributed by atoms with Crippen LogP contribution in [-0.2, 0) is 0 Å². The molecule has 0 saturated heterocycles. The summed E-state index contributed by atoms with van der Waals surface area (Å²) in [5.74, 6) is 0. The van der Waals surface area contributed by atoms with Crippen molar-refractivity contribution in [1.29, 1.82) is 0 Å². The molecular weight excluding hydrogens is 424 g/mol. The Morgan fingerprint density at radius 1 is 1.03 bits per heavy atom. The predicted molar refractivity (Wildman–Crippen MR) is 137 cm³/mol. The van der Waals surface area contributed by atoms with Gasteiger partial charge in [0.25, 0.3) is 0 Å². The van der Waals surface area contributed by atoms with Crippen LogP contribution >= 0.6 is 11.6 Å². The summed E-state index contributed by atoms with van der Waals surface area (Å²) in [6, 6.07) is 6.22. The molecule has 0 aliphatic carbocycles. The molecule has 31 heavy (non-hydrogen) atoms. The minimum absolute atomic E-state index is 0.0109. The molecule has 6 heteroatoms. The van der Waals surface area contributed by atoms with Gasteiger partial charge in [-0.3, -0.25) is 4.90 Å². The Bertz CT molecular complexity index is 828. The number of aliphatic hydroxyl groups is 2. The van der Waals surface area contributed by atoms with Gasteiger partial charge in [-0.15, -0.1) is 0 Å². The second kappa shape index (κ2) is 10.8. The van der Waals surface area contributed by atoms with E-state index in [1.165, 1.54) is 0 Å². The molecule has 2 N–H and O–H groups in total. The van der Waals surface area contributed by atoms with Gasteiger partial charge in [0.15, 0.2) is 8.24 Å². The van der Waals surface area contributed by atoms with E-state index < -0.39 is 14.3 Å². The van der Waals surface area contributed by atoms with E-state index in [4.69, 9.17) is 11.6 Å². The molecule has 0 bridgehead atoms. The van der Waals surface area contributed by atoms with Crippen LogP contribution in [0.4, 0.5) is 0 Å². The Morgan fingerprint density at radius 2 is 1.61 bits per heavy atom. The molecule has 0 amide bonds. The molecule has 0 radical (unpaired) electrons. The molecule has 2 unspecified atom stereocenters. The third kappa shape index (κ3) is 4.91. The molecule has 1 aromatic carbocycles. The molecule has 0 fully saturated rings. The lowest BCUT2D eigenvalue weighted by molar-refractivity contribution is 0.0692. The van der Waals surface area contributed by atoms with Crippen molar-refractivity contribution in [2.45, 2.75) is 90.6 Å². The number of halogens is 1. The Balaban J connectivity index is 2.63.